The highest BCUT2D eigenvalue weighted by atomic mass is 16.6. The maximum Gasteiger partial charge on any atom is 0.410 e. The van der Waals surface area contributed by atoms with Crippen LogP contribution in [-0.2, 0) is 34.5 Å². The Hall–Kier alpha value is -4.77. The van der Waals surface area contributed by atoms with Gasteiger partial charge in [-0.2, -0.15) is 0 Å². The predicted molar refractivity (Wildman–Crippen MR) is 160 cm³/mol. The van der Waals surface area contributed by atoms with Gasteiger partial charge in [-0.3, -0.25) is 9.59 Å². The van der Waals surface area contributed by atoms with Crippen LogP contribution >= 0.6 is 0 Å². The van der Waals surface area contributed by atoms with Gasteiger partial charge in [0.05, 0.1) is 18.1 Å². The third kappa shape index (κ3) is 6.36. The molecule has 0 aliphatic carbocycles. The van der Waals surface area contributed by atoms with Crippen LogP contribution in [0.3, 0.4) is 0 Å². The van der Waals surface area contributed by atoms with E-state index in [0.717, 1.165) is 22.2 Å². The van der Waals surface area contributed by atoms with E-state index in [0.29, 0.717) is 13.0 Å². The summed E-state index contributed by atoms with van der Waals surface area (Å²) in [6.45, 7) is 1.63. The molecule has 3 amide bonds. The fourth-order valence-corrected chi connectivity index (χ4v) is 5.85. The molecule has 11 nitrogen and oxygen atoms in total. The summed E-state index contributed by atoms with van der Waals surface area (Å²) in [5.74, 6) is -0.240. The molecule has 3 heterocycles. The third-order valence-electron chi connectivity index (χ3n) is 8.27. The smallest absolute Gasteiger partial charge is 0.410 e. The first-order valence-corrected chi connectivity index (χ1v) is 14.6. The number of ether oxygens (including phenoxy) is 1. The lowest BCUT2D eigenvalue weighted by atomic mass is 9.95. The molecule has 0 radical (unpaired) electrons. The van der Waals surface area contributed by atoms with Gasteiger partial charge in [0.25, 0.3) is 0 Å². The van der Waals surface area contributed by atoms with Crippen molar-refractivity contribution in [2.24, 2.45) is 7.05 Å². The van der Waals surface area contributed by atoms with Crippen molar-refractivity contribution in [2.75, 3.05) is 26.2 Å². The summed E-state index contributed by atoms with van der Waals surface area (Å²) in [5, 5.41) is 14.5. The van der Waals surface area contributed by atoms with Crippen molar-refractivity contribution in [3.63, 3.8) is 0 Å². The molecule has 2 saturated heterocycles. The zero-order valence-electron chi connectivity index (χ0n) is 24.1. The Kier molecular flexibility index (Phi) is 8.32. The Morgan fingerprint density at radius 3 is 2.53 bits per heavy atom. The van der Waals surface area contributed by atoms with Gasteiger partial charge >= 0.3 is 6.09 Å². The first-order chi connectivity index (χ1) is 21.0. The molecule has 3 aromatic carbocycles. The Labute approximate surface area is 249 Å². The van der Waals surface area contributed by atoms with Crippen LogP contribution in [0.2, 0.25) is 0 Å². The molecule has 3 atom stereocenters. The summed E-state index contributed by atoms with van der Waals surface area (Å²) in [5.41, 5.74) is 4.54. The lowest BCUT2D eigenvalue weighted by Crippen LogP contribution is -2.63. The summed E-state index contributed by atoms with van der Waals surface area (Å²) < 4.78 is 7.24. The number of aromatic nitrogens is 3. The fraction of sp³-hybridized carbons (Fsp3) is 0.344. The normalized spacial score (nSPS) is 20.3. The van der Waals surface area contributed by atoms with E-state index in [1.165, 1.54) is 10.5 Å². The second-order valence-corrected chi connectivity index (χ2v) is 11.1. The number of nitrogens with zero attached hydrogens (tertiary/aromatic N) is 5. The molecule has 0 unspecified atom stereocenters. The number of benzene rings is 3. The van der Waals surface area contributed by atoms with E-state index in [1.54, 1.807) is 9.58 Å². The van der Waals surface area contributed by atoms with Gasteiger partial charge in [0.15, 0.2) is 0 Å². The third-order valence-corrected chi connectivity index (χ3v) is 8.27. The van der Waals surface area contributed by atoms with Crippen LogP contribution < -0.4 is 10.6 Å². The molecular formula is C32H35N7O4. The van der Waals surface area contributed by atoms with Gasteiger partial charge in [-0.15, -0.1) is 5.10 Å². The lowest BCUT2D eigenvalue weighted by Gasteiger charge is -2.41. The van der Waals surface area contributed by atoms with Crippen LogP contribution in [0.4, 0.5) is 4.79 Å². The van der Waals surface area contributed by atoms with Gasteiger partial charge in [0.2, 0.25) is 11.8 Å². The molecule has 2 aliphatic rings. The Morgan fingerprint density at radius 1 is 0.977 bits per heavy atom. The van der Waals surface area contributed by atoms with Gasteiger partial charge in [-0.05, 0) is 41.2 Å². The van der Waals surface area contributed by atoms with E-state index in [2.05, 4.69) is 33.1 Å². The van der Waals surface area contributed by atoms with E-state index < -0.39 is 18.2 Å². The number of piperazine rings is 1. The minimum absolute atomic E-state index is 0.0449. The van der Waals surface area contributed by atoms with Gasteiger partial charge in [-0.25, -0.2) is 9.48 Å². The first kappa shape index (κ1) is 28.4. The standard InChI is InChI=1S/C32H35N7O4/c1-37-28-13-12-23(16-26(28)35-36-37)18-34-30(40)29-20-38(32(42)43-21-22-8-4-2-5-9-22)14-15-39(29)31(41)27-17-25(19-33-27)24-10-6-3-7-11-24/h2-13,16,25,27,29,33H,14-15,17-21H2,1H3,(H,34,40)/t25-,27-,29+/m1/s1. The van der Waals surface area contributed by atoms with Crippen molar-refractivity contribution in [3.8, 4) is 0 Å². The van der Waals surface area contributed by atoms with Crippen molar-refractivity contribution in [1.29, 1.82) is 0 Å². The van der Waals surface area contributed by atoms with Crippen LogP contribution in [0.5, 0.6) is 0 Å². The minimum Gasteiger partial charge on any atom is -0.445 e. The van der Waals surface area contributed by atoms with Gasteiger partial charge in [-0.1, -0.05) is 71.9 Å². The van der Waals surface area contributed by atoms with E-state index >= 15 is 0 Å². The molecule has 2 N–H and O–H groups in total. The number of nitrogens with one attached hydrogen (secondary N) is 2. The second-order valence-electron chi connectivity index (χ2n) is 11.1. The molecule has 1 aromatic heterocycles. The molecule has 0 spiro atoms. The molecule has 2 aliphatic heterocycles. The van der Waals surface area contributed by atoms with E-state index in [9.17, 15) is 14.4 Å². The van der Waals surface area contributed by atoms with E-state index in [4.69, 9.17) is 4.74 Å². The largest absolute Gasteiger partial charge is 0.445 e. The van der Waals surface area contributed by atoms with Crippen molar-refractivity contribution in [1.82, 2.24) is 35.4 Å². The number of carbonyl (C=O) groups is 3. The summed E-state index contributed by atoms with van der Waals surface area (Å²) in [6, 6.07) is 24.0. The Bertz CT molecular complexity index is 1590. The monoisotopic (exact) mass is 581 g/mol. The van der Waals surface area contributed by atoms with Crippen LogP contribution in [0, 0.1) is 0 Å². The Balaban J connectivity index is 1.15. The summed E-state index contributed by atoms with van der Waals surface area (Å²) in [7, 11) is 1.82. The van der Waals surface area contributed by atoms with Crippen LogP contribution in [0.15, 0.2) is 78.9 Å². The van der Waals surface area contributed by atoms with Crippen molar-refractivity contribution >= 4 is 28.9 Å². The second kappa shape index (κ2) is 12.6. The molecule has 2 fully saturated rings. The van der Waals surface area contributed by atoms with Crippen LogP contribution in [0.25, 0.3) is 11.0 Å². The average molecular weight is 582 g/mol. The number of rotatable bonds is 7. The molecule has 11 heteroatoms. The molecule has 222 valence electrons. The Morgan fingerprint density at radius 2 is 1.74 bits per heavy atom. The SMILES string of the molecule is Cn1nnc2cc(CNC(=O)[C@@H]3CN(C(=O)OCc4ccccc4)CCN3C(=O)[C@H]3C[C@@H](c4ccccc4)CN3)ccc21. The predicted octanol–water partition coefficient (Wildman–Crippen LogP) is 2.58. The van der Waals surface area contributed by atoms with Gasteiger partial charge < -0.3 is 25.2 Å². The average Bonchev–Trinajstić information content (AvgIpc) is 3.70. The maximum absolute atomic E-state index is 13.8. The quantitative estimate of drug-likeness (QED) is 0.344. The maximum atomic E-state index is 13.8. The lowest BCUT2D eigenvalue weighted by molar-refractivity contribution is -0.145. The number of amides is 3. The topological polar surface area (TPSA) is 122 Å². The van der Waals surface area contributed by atoms with Crippen molar-refractivity contribution in [3.05, 3.63) is 95.6 Å². The zero-order valence-corrected chi connectivity index (χ0v) is 24.1. The fourth-order valence-electron chi connectivity index (χ4n) is 5.85. The molecule has 43 heavy (non-hydrogen) atoms. The number of hydrogen-bond acceptors (Lipinski definition) is 7. The first-order valence-electron chi connectivity index (χ1n) is 14.6. The number of fused-ring (bicyclic) bond motifs is 1. The van der Waals surface area contributed by atoms with E-state index in [1.807, 2.05) is 73.8 Å². The molecule has 6 rings (SSSR count). The van der Waals surface area contributed by atoms with Crippen LogP contribution in [0.1, 0.15) is 29.0 Å². The summed E-state index contributed by atoms with van der Waals surface area (Å²) in [4.78, 5) is 43.6. The zero-order chi connectivity index (χ0) is 29.8. The molecule has 0 bridgehead atoms. The number of aryl methyl sites for hydroxylation is 1. The van der Waals surface area contributed by atoms with Gasteiger partial charge in [0.1, 0.15) is 18.2 Å². The van der Waals surface area contributed by atoms with E-state index in [-0.39, 0.29) is 50.5 Å². The van der Waals surface area contributed by atoms with Crippen molar-refractivity contribution < 1.29 is 19.1 Å². The minimum atomic E-state index is -0.858. The number of hydrogen-bond donors (Lipinski definition) is 2. The summed E-state index contributed by atoms with van der Waals surface area (Å²) >= 11 is 0. The molecular weight excluding hydrogens is 546 g/mol. The highest BCUT2D eigenvalue weighted by Crippen LogP contribution is 2.27. The highest BCUT2D eigenvalue weighted by molar-refractivity contribution is 5.91. The van der Waals surface area contributed by atoms with Crippen molar-refractivity contribution in [2.45, 2.75) is 37.6 Å². The highest BCUT2D eigenvalue weighted by Gasteiger charge is 2.41. The molecule has 0 saturated carbocycles. The molecule has 4 aromatic rings. The van der Waals surface area contributed by atoms with Crippen LogP contribution in [-0.4, -0.2) is 81.0 Å². The number of carbonyl (C=O) groups excluding carboxylic acids is 3. The van der Waals surface area contributed by atoms with Gasteiger partial charge in [0, 0.05) is 33.2 Å². The summed E-state index contributed by atoms with van der Waals surface area (Å²) in [6.07, 6.45) is 0.138.